The molecule has 0 saturated carbocycles. The van der Waals surface area contributed by atoms with Crippen LogP contribution in [0.3, 0.4) is 0 Å². The highest BCUT2D eigenvalue weighted by Gasteiger charge is 2.35. The number of amides is 2. The first kappa shape index (κ1) is 16.8. The van der Waals surface area contributed by atoms with Crippen LogP contribution in [0.1, 0.15) is 11.1 Å². The molecule has 2 fully saturated rings. The number of hydrogen-bond donors (Lipinski definition) is 1. The highest BCUT2D eigenvalue weighted by Crippen LogP contribution is 2.29. The fraction of sp³-hybridized carbons (Fsp3) is 0.500. The quantitative estimate of drug-likeness (QED) is 0.879. The van der Waals surface area contributed by atoms with Gasteiger partial charge in [0.1, 0.15) is 0 Å². The molecule has 24 heavy (non-hydrogen) atoms. The fourth-order valence-electron chi connectivity index (χ4n) is 2.98. The Hall–Kier alpha value is -2.09. The maximum Gasteiger partial charge on any atom is 0.416 e. The lowest BCUT2D eigenvalue weighted by molar-refractivity contribution is -0.138. The van der Waals surface area contributed by atoms with Gasteiger partial charge in [-0.25, -0.2) is 0 Å². The smallest absolute Gasteiger partial charge is 0.378 e. The van der Waals surface area contributed by atoms with Gasteiger partial charge in [0.2, 0.25) is 11.8 Å². The number of hydrogen-bond acceptors (Lipinski definition) is 3. The van der Waals surface area contributed by atoms with Crippen LogP contribution in [0.5, 0.6) is 0 Å². The Morgan fingerprint density at radius 1 is 1.29 bits per heavy atom. The van der Waals surface area contributed by atoms with E-state index in [9.17, 15) is 22.8 Å². The fourth-order valence-corrected chi connectivity index (χ4v) is 2.98. The molecule has 0 radical (unpaired) electrons. The first-order valence-electron chi connectivity index (χ1n) is 7.65. The number of nitrogens with one attached hydrogen (secondary N) is 1. The Morgan fingerprint density at radius 3 is 2.83 bits per heavy atom. The van der Waals surface area contributed by atoms with Crippen LogP contribution in [0, 0.1) is 5.92 Å². The van der Waals surface area contributed by atoms with Gasteiger partial charge in [0.15, 0.2) is 0 Å². The van der Waals surface area contributed by atoms with E-state index < -0.39 is 17.7 Å². The normalized spacial score (nSPS) is 24.3. The van der Waals surface area contributed by atoms with Gasteiger partial charge in [0.05, 0.1) is 37.2 Å². The molecule has 2 saturated heterocycles. The number of benzene rings is 1. The van der Waals surface area contributed by atoms with Crippen molar-refractivity contribution in [3.63, 3.8) is 0 Å². The number of alkyl halides is 3. The highest BCUT2D eigenvalue weighted by molar-refractivity contribution is 5.83. The molecule has 1 aromatic rings. The molecule has 130 valence electrons. The number of fused-ring (bicyclic) bond motifs is 3. The van der Waals surface area contributed by atoms with Crippen molar-refractivity contribution in [1.82, 2.24) is 10.2 Å². The van der Waals surface area contributed by atoms with Crippen molar-refractivity contribution in [2.24, 2.45) is 5.92 Å². The first-order valence-corrected chi connectivity index (χ1v) is 7.65. The van der Waals surface area contributed by atoms with Crippen LogP contribution < -0.4 is 5.32 Å². The predicted octanol–water partition coefficient (Wildman–Crippen LogP) is 1.22. The van der Waals surface area contributed by atoms with Crippen LogP contribution in [0.2, 0.25) is 0 Å². The predicted molar refractivity (Wildman–Crippen MR) is 78.0 cm³/mol. The van der Waals surface area contributed by atoms with E-state index in [4.69, 9.17) is 4.74 Å². The average molecular weight is 342 g/mol. The van der Waals surface area contributed by atoms with Gasteiger partial charge in [-0.05, 0) is 11.6 Å². The number of carbonyl (C=O) groups is 2. The van der Waals surface area contributed by atoms with Gasteiger partial charge >= 0.3 is 6.18 Å². The number of nitrogens with zero attached hydrogens (tertiary/aromatic N) is 1. The minimum atomic E-state index is -4.44. The molecule has 0 spiro atoms. The lowest BCUT2D eigenvalue weighted by Gasteiger charge is -2.27. The first-order chi connectivity index (χ1) is 11.3. The molecule has 0 unspecified atom stereocenters. The number of rotatable bonds is 2. The zero-order valence-electron chi connectivity index (χ0n) is 12.8. The van der Waals surface area contributed by atoms with Gasteiger partial charge in [-0.3, -0.25) is 9.59 Å². The van der Waals surface area contributed by atoms with Crippen LogP contribution in [-0.2, 0) is 26.9 Å². The molecule has 2 aliphatic rings. The summed E-state index contributed by atoms with van der Waals surface area (Å²) >= 11 is 0. The Bertz CT molecular complexity index is 648. The Kier molecular flexibility index (Phi) is 4.49. The molecule has 3 rings (SSSR count). The minimum Gasteiger partial charge on any atom is -0.378 e. The van der Waals surface area contributed by atoms with Crippen LogP contribution in [0.15, 0.2) is 24.3 Å². The van der Waals surface area contributed by atoms with Crippen molar-refractivity contribution in [2.75, 3.05) is 26.3 Å². The van der Waals surface area contributed by atoms with Crippen LogP contribution in [-0.4, -0.2) is 49.1 Å². The van der Waals surface area contributed by atoms with Crippen molar-refractivity contribution < 1.29 is 27.5 Å². The molecule has 1 N–H and O–H groups in total. The van der Waals surface area contributed by atoms with E-state index in [2.05, 4.69) is 5.32 Å². The summed E-state index contributed by atoms with van der Waals surface area (Å²) < 4.78 is 43.7. The molecule has 8 heteroatoms. The zero-order valence-corrected chi connectivity index (χ0v) is 12.8. The lowest BCUT2D eigenvalue weighted by Crippen LogP contribution is -2.45. The molecular weight excluding hydrogens is 325 g/mol. The number of carbonyl (C=O) groups excluding carboxylic acids is 2. The van der Waals surface area contributed by atoms with E-state index in [0.717, 1.165) is 12.1 Å². The molecule has 2 atom stereocenters. The maximum atomic E-state index is 12.8. The summed E-state index contributed by atoms with van der Waals surface area (Å²) in [5, 5.41) is 2.81. The second-order valence-electron chi connectivity index (χ2n) is 6.11. The largest absolute Gasteiger partial charge is 0.416 e. The standard InChI is InChI=1S/C16H17F3N2O3/c17-16(18,19)12-3-1-2-10(4-12)5-14(22)21-6-11-8-24-9-13(7-21)20-15(11)23/h1-4,11,13H,5-9H2,(H,20,23)/t11-,13+/m1/s1. The maximum absolute atomic E-state index is 12.8. The lowest BCUT2D eigenvalue weighted by atomic mass is 10.1. The van der Waals surface area contributed by atoms with E-state index in [1.54, 1.807) is 0 Å². The molecule has 2 aliphatic heterocycles. The van der Waals surface area contributed by atoms with E-state index in [0.29, 0.717) is 18.7 Å². The molecule has 1 aromatic carbocycles. The molecule has 2 bridgehead atoms. The number of ether oxygens (including phenoxy) is 1. The van der Waals surface area contributed by atoms with E-state index in [1.165, 1.54) is 17.0 Å². The molecular formula is C16H17F3N2O3. The third-order valence-corrected chi connectivity index (χ3v) is 4.20. The van der Waals surface area contributed by atoms with Gasteiger partial charge in [0.25, 0.3) is 0 Å². The Labute approximate surface area is 136 Å². The van der Waals surface area contributed by atoms with Gasteiger partial charge in [-0.2, -0.15) is 13.2 Å². The van der Waals surface area contributed by atoms with E-state index in [1.807, 2.05) is 0 Å². The molecule has 2 amide bonds. The molecule has 5 nitrogen and oxygen atoms in total. The molecule has 0 aliphatic carbocycles. The Balaban J connectivity index is 1.72. The van der Waals surface area contributed by atoms with Crippen molar-refractivity contribution in [1.29, 1.82) is 0 Å². The van der Waals surface area contributed by atoms with Crippen LogP contribution in [0.25, 0.3) is 0 Å². The highest BCUT2D eigenvalue weighted by atomic mass is 19.4. The van der Waals surface area contributed by atoms with Gasteiger partial charge in [-0.1, -0.05) is 18.2 Å². The Morgan fingerprint density at radius 2 is 2.08 bits per heavy atom. The minimum absolute atomic E-state index is 0.127. The molecule has 0 aromatic heterocycles. The van der Waals surface area contributed by atoms with Crippen LogP contribution >= 0.6 is 0 Å². The summed E-state index contributed by atoms with van der Waals surface area (Å²) in [5.74, 6) is -0.877. The third kappa shape index (κ3) is 3.69. The summed E-state index contributed by atoms with van der Waals surface area (Å²) in [6.07, 6.45) is -4.56. The van der Waals surface area contributed by atoms with Gasteiger partial charge in [-0.15, -0.1) is 0 Å². The summed E-state index contributed by atoms with van der Waals surface area (Å²) in [5.41, 5.74) is -0.467. The van der Waals surface area contributed by atoms with Crippen LogP contribution in [0.4, 0.5) is 13.2 Å². The van der Waals surface area contributed by atoms with Gasteiger partial charge < -0.3 is 15.0 Å². The molecule has 2 heterocycles. The number of halogens is 3. The summed E-state index contributed by atoms with van der Waals surface area (Å²) in [4.78, 5) is 25.9. The summed E-state index contributed by atoms with van der Waals surface area (Å²) in [7, 11) is 0. The summed E-state index contributed by atoms with van der Waals surface area (Å²) in [6.45, 7) is 1.10. The second-order valence-corrected chi connectivity index (χ2v) is 6.11. The zero-order chi connectivity index (χ0) is 17.3. The van der Waals surface area contributed by atoms with Crippen molar-refractivity contribution >= 4 is 11.8 Å². The van der Waals surface area contributed by atoms with Gasteiger partial charge in [0, 0.05) is 13.1 Å². The second kappa shape index (κ2) is 6.43. The SMILES string of the molecule is O=C1N[C@@H]2COC[C@H]1CN(C(=O)Cc1cccc(C(F)(F)F)c1)C2. The van der Waals surface area contributed by atoms with Crippen molar-refractivity contribution in [3.05, 3.63) is 35.4 Å². The van der Waals surface area contributed by atoms with Crippen molar-refractivity contribution in [2.45, 2.75) is 18.6 Å². The van der Waals surface area contributed by atoms with E-state index >= 15 is 0 Å². The third-order valence-electron chi connectivity index (χ3n) is 4.20. The van der Waals surface area contributed by atoms with E-state index in [-0.39, 0.29) is 37.4 Å². The monoisotopic (exact) mass is 342 g/mol. The van der Waals surface area contributed by atoms with Crippen molar-refractivity contribution in [3.8, 4) is 0 Å². The average Bonchev–Trinajstić information content (AvgIpc) is 2.75. The summed E-state index contributed by atoms with van der Waals surface area (Å²) in [6, 6.07) is 4.48. The topological polar surface area (TPSA) is 58.6 Å².